The van der Waals surface area contributed by atoms with E-state index in [1.807, 2.05) is 65.5 Å². The lowest BCUT2D eigenvalue weighted by atomic mass is 9.99. The van der Waals surface area contributed by atoms with Crippen LogP contribution in [0.15, 0.2) is 83.7 Å². The number of nitrogens with zero attached hydrogens (tertiary/aromatic N) is 1. The normalized spacial score (nSPS) is 10.8. The number of benzene rings is 3. The molecule has 1 aromatic heterocycles. The van der Waals surface area contributed by atoms with Crippen LogP contribution in [0.25, 0.3) is 22.7 Å². The second-order valence-electron chi connectivity index (χ2n) is 6.00. The summed E-state index contributed by atoms with van der Waals surface area (Å²) in [6.07, 6.45) is 2.06. The van der Waals surface area contributed by atoms with E-state index in [9.17, 15) is 4.79 Å². The summed E-state index contributed by atoms with van der Waals surface area (Å²) < 4.78 is 2.07. The van der Waals surface area contributed by atoms with Crippen molar-refractivity contribution in [2.24, 2.45) is 0 Å². The van der Waals surface area contributed by atoms with Gasteiger partial charge in [0.05, 0.1) is 10.9 Å². The lowest BCUT2D eigenvalue weighted by molar-refractivity contribution is 1.37. The fourth-order valence-corrected chi connectivity index (χ4v) is 3.81. The molecule has 0 N–H and O–H groups in total. The average Bonchev–Trinajstić information content (AvgIpc) is 2.96. The molecule has 0 spiro atoms. The number of fused-ring (bicyclic) bond motifs is 1. The Labute approximate surface area is 150 Å². The molecule has 4 rings (SSSR count). The Hall–Kier alpha value is -2.91. The van der Waals surface area contributed by atoms with Gasteiger partial charge in [-0.25, -0.2) is 0 Å². The maximum atomic E-state index is 12.4. The zero-order valence-corrected chi connectivity index (χ0v) is 14.7. The summed E-state index contributed by atoms with van der Waals surface area (Å²) in [6.45, 7) is 2.01. The highest BCUT2D eigenvalue weighted by atomic mass is 32.1. The molecule has 0 bridgehead atoms. The Balaban J connectivity index is 1.96. The zero-order chi connectivity index (χ0) is 17.2. The molecular weight excluding hydrogens is 326 g/mol. The fourth-order valence-electron chi connectivity index (χ4n) is 2.96. The van der Waals surface area contributed by atoms with Crippen LogP contribution in [-0.4, -0.2) is 3.96 Å². The first-order chi connectivity index (χ1) is 12.2. The molecule has 0 atom stereocenters. The van der Waals surface area contributed by atoms with E-state index in [1.165, 1.54) is 11.5 Å². The second kappa shape index (κ2) is 6.54. The Morgan fingerprint density at radius 2 is 1.48 bits per heavy atom. The van der Waals surface area contributed by atoms with Gasteiger partial charge in [-0.3, -0.25) is 8.75 Å². The van der Waals surface area contributed by atoms with Crippen molar-refractivity contribution in [2.75, 3.05) is 0 Å². The molecule has 3 aromatic carbocycles. The summed E-state index contributed by atoms with van der Waals surface area (Å²) in [4.78, 5) is 12.4. The summed E-state index contributed by atoms with van der Waals surface area (Å²) in [5, 5.41) is 0.779. The van der Waals surface area contributed by atoms with Gasteiger partial charge in [-0.2, -0.15) is 0 Å². The van der Waals surface area contributed by atoms with Gasteiger partial charge in [0.25, 0.3) is 4.74 Å². The molecule has 1 heterocycles. The Bertz CT molecular complexity index is 1060. The zero-order valence-electron chi connectivity index (χ0n) is 13.8. The minimum Gasteiger partial charge on any atom is -0.276 e. The molecule has 0 aliphatic rings. The van der Waals surface area contributed by atoms with Crippen molar-refractivity contribution in [2.45, 2.75) is 6.92 Å². The molecule has 25 heavy (non-hydrogen) atoms. The van der Waals surface area contributed by atoms with E-state index in [1.54, 1.807) is 0 Å². The standard InChI is InChI=1S/C22H17NOS/c1-16-12-13-21-19(14-16)22(24)25-23(21)15-20(17-8-4-2-5-9-17)18-10-6-3-7-11-18/h2-15H,1H3. The van der Waals surface area contributed by atoms with Gasteiger partial charge in [-0.05, 0) is 41.7 Å². The van der Waals surface area contributed by atoms with Gasteiger partial charge in [0.2, 0.25) is 0 Å². The first-order valence-electron chi connectivity index (χ1n) is 8.17. The quantitative estimate of drug-likeness (QED) is 0.487. The van der Waals surface area contributed by atoms with Crippen LogP contribution in [0.5, 0.6) is 0 Å². The minimum absolute atomic E-state index is 0.0930. The monoisotopic (exact) mass is 343 g/mol. The van der Waals surface area contributed by atoms with Crippen molar-refractivity contribution >= 4 is 34.2 Å². The molecule has 0 unspecified atom stereocenters. The van der Waals surface area contributed by atoms with E-state index in [0.29, 0.717) is 0 Å². The van der Waals surface area contributed by atoms with E-state index in [0.717, 1.165) is 33.2 Å². The van der Waals surface area contributed by atoms with Crippen molar-refractivity contribution < 1.29 is 0 Å². The van der Waals surface area contributed by atoms with Crippen LogP contribution >= 0.6 is 11.5 Å². The number of hydrogen-bond acceptors (Lipinski definition) is 2. The lowest BCUT2D eigenvalue weighted by Gasteiger charge is -2.09. The summed E-state index contributed by atoms with van der Waals surface area (Å²) in [6, 6.07) is 26.6. The van der Waals surface area contributed by atoms with Gasteiger partial charge in [0, 0.05) is 11.8 Å². The van der Waals surface area contributed by atoms with Crippen LogP contribution in [0.2, 0.25) is 0 Å². The van der Waals surface area contributed by atoms with Crippen LogP contribution in [-0.2, 0) is 0 Å². The van der Waals surface area contributed by atoms with E-state index < -0.39 is 0 Å². The van der Waals surface area contributed by atoms with Crippen molar-refractivity contribution in [3.8, 4) is 0 Å². The molecule has 2 nitrogen and oxygen atoms in total. The number of aromatic nitrogens is 1. The molecule has 4 aromatic rings. The predicted molar refractivity (Wildman–Crippen MR) is 107 cm³/mol. The molecule has 0 fully saturated rings. The highest BCUT2D eigenvalue weighted by Crippen LogP contribution is 2.26. The summed E-state index contributed by atoms with van der Waals surface area (Å²) >= 11 is 1.24. The maximum Gasteiger partial charge on any atom is 0.257 e. The van der Waals surface area contributed by atoms with E-state index in [2.05, 4.69) is 30.5 Å². The second-order valence-corrected chi connectivity index (χ2v) is 6.95. The smallest absolute Gasteiger partial charge is 0.257 e. The summed E-state index contributed by atoms with van der Waals surface area (Å²) in [7, 11) is 0. The molecule has 0 aliphatic heterocycles. The molecule has 0 amide bonds. The Kier molecular flexibility index (Phi) is 4.08. The first kappa shape index (κ1) is 15.6. The summed E-state index contributed by atoms with van der Waals surface area (Å²) in [5.41, 5.74) is 5.40. The predicted octanol–water partition coefficient (Wildman–Crippen LogP) is 5.42. The molecule has 0 aliphatic carbocycles. The third kappa shape index (κ3) is 3.06. The minimum atomic E-state index is 0.0930. The van der Waals surface area contributed by atoms with Crippen LogP contribution < -0.4 is 4.74 Å². The molecule has 0 saturated heterocycles. The molecule has 0 saturated carbocycles. The van der Waals surface area contributed by atoms with E-state index in [4.69, 9.17) is 0 Å². The molecular formula is C22H17NOS. The Morgan fingerprint density at radius 3 is 2.08 bits per heavy atom. The molecule has 122 valence electrons. The number of rotatable bonds is 3. The Morgan fingerprint density at radius 1 is 0.880 bits per heavy atom. The highest BCUT2D eigenvalue weighted by Gasteiger charge is 2.09. The third-order valence-corrected chi connectivity index (χ3v) is 5.09. The maximum absolute atomic E-state index is 12.4. The van der Waals surface area contributed by atoms with Gasteiger partial charge in [0.15, 0.2) is 0 Å². The van der Waals surface area contributed by atoms with Gasteiger partial charge in [-0.15, -0.1) is 0 Å². The van der Waals surface area contributed by atoms with E-state index >= 15 is 0 Å². The van der Waals surface area contributed by atoms with Gasteiger partial charge >= 0.3 is 0 Å². The highest BCUT2D eigenvalue weighted by molar-refractivity contribution is 7.05. The molecule has 0 radical (unpaired) electrons. The lowest BCUT2D eigenvalue weighted by Crippen LogP contribution is -1.91. The van der Waals surface area contributed by atoms with Crippen molar-refractivity contribution in [1.82, 2.24) is 3.96 Å². The van der Waals surface area contributed by atoms with Gasteiger partial charge in [-0.1, -0.05) is 72.3 Å². The fraction of sp³-hybridized carbons (Fsp3) is 0.0455. The molecule has 3 heteroatoms. The summed E-state index contributed by atoms with van der Waals surface area (Å²) in [5.74, 6) is 0. The van der Waals surface area contributed by atoms with Gasteiger partial charge in [0.1, 0.15) is 0 Å². The first-order valence-corrected chi connectivity index (χ1v) is 8.94. The third-order valence-electron chi connectivity index (χ3n) is 4.21. The number of hydrogen-bond donors (Lipinski definition) is 0. The topological polar surface area (TPSA) is 22.0 Å². The number of aryl methyl sites for hydroxylation is 1. The van der Waals surface area contributed by atoms with Crippen molar-refractivity contribution in [3.63, 3.8) is 0 Å². The van der Waals surface area contributed by atoms with Crippen molar-refractivity contribution in [1.29, 1.82) is 0 Å². The SMILES string of the molecule is Cc1ccc2c(c1)c(=O)sn2C=C(c1ccccc1)c1ccccc1. The van der Waals surface area contributed by atoms with Gasteiger partial charge < -0.3 is 0 Å². The van der Waals surface area contributed by atoms with Crippen molar-refractivity contribution in [3.05, 3.63) is 105 Å². The van der Waals surface area contributed by atoms with Crippen LogP contribution in [0, 0.1) is 6.92 Å². The largest absolute Gasteiger partial charge is 0.276 e. The van der Waals surface area contributed by atoms with Crippen LogP contribution in [0.4, 0.5) is 0 Å². The average molecular weight is 343 g/mol. The van der Waals surface area contributed by atoms with E-state index in [-0.39, 0.29) is 4.74 Å². The van der Waals surface area contributed by atoms with Crippen LogP contribution in [0.3, 0.4) is 0 Å². The van der Waals surface area contributed by atoms with Crippen LogP contribution in [0.1, 0.15) is 16.7 Å².